The van der Waals surface area contributed by atoms with E-state index in [4.69, 9.17) is 0 Å². The van der Waals surface area contributed by atoms with Gasteiger partial charge in [0.15, 0.2) is 0 Å². The molecule has 71 valence electrons. The summed E-state index contributed by atoms with van der Waals surface area (Å²) in [5.41, 5.74) is -0.568. The lowest BCUT2D eigenvalue weighted by molar-refractivity contribution is 0.0704. The van der Waals surface area contributed by atoms with E-state index in [1.807, 2.05) is 12.2 Å². The van der Waals surface area contributed by atoms with E-state index in [9.17, 15) is 5.11 Å². The van der Waals surface area contributed by atoms with Crippen LogP contribution in [0.5, 0.6) is 0 Å². The first-order valence-electron chi connectivity index (χ1n) is 4.88. The number of hydrogen-bond acceptors (Lipinski definition) is 1. The van der Waals surface area contributed by atoms with E-state index in [1.54, 1.807) is 0 Å². The summed E-state index contributed by atoms with van der Waals surface area (Å²) >= 11 is 0. The third-order valence-corrected chi connectivity index (χ3v) is 1.96. The van der Waals surface area contributed by atoms with Crippen LogP contribution in [0.3, 0.4) is 0 Å². The maximum absolute atomic E-state index is 10.0. The van der Waals surface area contributed by atoms with Gasteiger partial charge in [-0.2, -0.15) is 0 Å². The van der Waals surface area contributed by atoms with Crippen LogP contribution in [-0.4, -0.2) is 10.7 Å². The average Bonchev–Trinajstić information content (AvgIpc) is 2.02. The SMILES string of the molecule is [CH2]CC=CC(O)(CCC)CCC. The molecule has 0 aromatic heterocycles. The lowest BCUT2D eigenvalue weighted by Gasteiger charge is -2.23. The second-order valence-electron chi connectivity index (χ2n) is 3.29. The molecule has 0 saturated carbocycles. The minimum atomic E-state index is -0.568. The van der Waals surface area contributed by atoms with Crippen LogP contribution in [0.15, 0.2) is 12.2 Å². The smallest absolute Gasteiger partial charge is 0.0827 e. The molecule has 0 aliphatic carbocycles. The zero-order valence-corrected chi connectivity index (χ0v) is 8.34. The van der Waals surface area contributed by atoms with Crippen molar-refractivity contribution >= 4 is 0 Å². The predicted octanol–water partition coefficient (Wildman–Crippen LogP) is 3.10. The van der Waals surface area contributed by atoms with Gasteiger partial charge in [0.1, 0.15) is 0 Å². The number of aliphatic hydroxyl groups is 1. The first kappa shape index (κ1) is 11.7. The molecule has 0 spiro atoms. The maximum Gasteiger partial charge on any atom is 0.0827 e. The Balaban J connectivity index is 4.06. The fourth-order valence-electron chi connectivity index (χ4n) is 1.46. The van der Waals surface area contributed by atoms with Crippen LogP contribution in [0, 0.1) is 6.92 Å². The highest BCUT2D eigenvalue weighted by atomic mass is 16.3. The van der Waals surface area contributed by atoms with Gasteiger partial charge in [-0.3, -0.25) is 0 Å². The Morgan fingerprint density at radius 2 is 1.75 bits per heavy atom. The van der Waals surface area contributed by atoms with Gasteiger partial charge in [-0.15, -0.1) is 0 Å². The Labute approximate surface area is 76.5 Å². The summed E-state index contributed by atoms with van der Waals surface area (Å²) in [6, 6.07) is 0. The molecule has 1 radical (unpaired) electrons. The first-order chi connectivity index (χ1) is 5.68. The Hall–Kier alpha value is -0.300. The van der Waals surface area contributed by atoms with Crippen LogP contribution in [-0.2, 0) is 0 Å². The maximum atomic E-state index is 10.0. The van der Waals surface area contributed by atoms with E-state index >= 15 is 0 Å². The molecule has 0 saturated heterocycles. The van der Waals surface area contributed by atoms with E-state index in [1.165, 1.54) is 0 Å². The van der Waals surface area contributed by atoms with Crippen molar-refractivity contribution in [3.63, 3.8) is 0 Å². The topological polar surface area (TPSA) is 20.2 Å². The highest BCUT2D eigenvalue weighted by molar-refractivity contribution is 5.00. The standard InChI is InChI=1S/C11H21O/c1-4-7-10-11(12,8-5-2)9-6-3/h7,10,12H,1,4-6,8-9H2,2-3H3. The van der Waals surface area contributed by atoms with Crippen LogP contribution >= 0.6 is 0 Å². The lowest BCUT2D eigenvalue weighted by Crippen LogP contribution is -2.24. The molecule has 12 heavy (non-hydrogen) atoms. The van der Waals surface area contributed by atoms with Crippen LogP contribution in [0.25, 0.3) is 0 Å². The van der Waals surface area contributed by atoms with Crippen LogP contribution in [0.4, 0.5) is 0 Å². The quantitative estimate of drug-likeness (QED) is 0.606. The average molecular weight is 169 g/mol. The molecule has 0 aromatic rings. The van der Waals surface area contributed by atoms with E-state index in [0.29, 0.717) is 0 Å². The van der Waals surface area contributed by atoms with Gasteiger partial charge in [0.05, 0.1) is 5.60 Å². The summed E-state index contributed by atoms with van der Waals surface area (Å²) in [6.45, 7) is 7.90. The van der Waals surface area contributed by atoms with Gasteiger partial charge in [0.25, 0.3) is 0 Å². The van der Waals surface area contributed by atoms with Crippen LogP contribution in [0.1, 0.15) is 46.0 Å². The first-order valence-corrected chi connectivity index (χ1v) is 4.88. The van der Waals surface area contributed by atoms with Crippen molar-refractivity contribution in [2.24, 2.45) is 0 Å². The molecule has 1 heteroatoms. The van der Waals surface area contributed by atoms with Crippen molar-refractivity contribution in [3.05, 3.63) is 19.1 Å². The van der Waals surface area contributed by atoms with Gasteiger partial charge in [-0.05, 0) is 26.2 Å². The molecule has 0 unspecified atom stereocenters. The van der Waals surface area contributed by atoms with Gasteiger partial charge in [0.2, 0.25) is 0 Å². The largest absolute Gasteiger partial charge is 0.386 e. The molecule has 0 amide bonds. The van der Waals surface area contributed by atoms with Gasteiger partial charge >= 0.3 is 0 Å². The zero-order chi connectivity index (χ0) is 9.45. The zero-order valence-electron chi connectivity index (χ0n) is 8.34. The molecule has 0 aliphatic rings. The second kappa shape index (κ2) is 6.24. The molecule has 1 N–H and O–H groups in total. The minimum absolute atomic E-state index is 0.568. The summed E-state index contributed by atoms with van der Waals surface area (Å²) < 4.78 is 0. The molecule has 0 bridgehead atoms. The van der Waals surface area contributed by atoms with Crippen molar-refractivity contribution in [2.75, 3.05) is 0 Å². The van der Waals surface area contributed by atoms with Gasteiger partial charge in [0, 0.05) is 0 Å². The van der Waals surface area contributed by atoms with Crippen molar-refractivity contribution in [3.8, 4) is 0 Å². The molecule has 0 aliphatic heterocycles. The van der Waals surface area contributed by atoms with E-state index < -0.39 is 5.60 Å². The second-order valence-corrected chi connectivity index (χ2v) is 3.29. The summed E-state index contributed by atoms with van der Waals surface area (Å²) in [7, 11) is 0. The number of allylic oxidation sites excluding steroid dienone is 1. The number of hydrogen-bond donors (Lipinski definition) is 1. The fourth-order valence-corrected chi connectivity index (χ4v) is 1.46. The van der Waals surface area contributed by atoms with Gasteiger partial charge < -0.3 is 5.11 Å². The minimum Gasteiger partial charge on any atom is -0.386 e. The molecule has 0 rings (SSSR count). The van der Waals surface area contributed by atoms with Crippen LogP contribution < -0.4 is 0 Å². The third kappa shape index (κ3) is 4.55. The fraction of sp³-hybridized carbons (Fsp3) is 0.727. The summed E-state index contributed by atoms with van der Waals surface area (Å²) in [4.78, 5) is 0. The highest BCUT2D eigenvalue weighted by Crippen LogP contribution is 2.21. The normalized spacial score (nSPS) is 12.7. The molecular formula is C11H21O. The molecule has 1 nitrogen and oxygen atoms in total. The Morgan fingerprint density at radius 3 is 2.08 bits per heavy atom. The summed E-state index contributed by atoms with van der Waals surface area (Å²) in [5.74, 6) is 0. The molecule has 0 aromatic carbocycles. The van der Waals surface area contributed by atoms with E-state index in [0.717, 1.165) is 32.1 Å². The molecule has 0 heterocycles. The summed E-state index contributed by atoms with van der Waals surface area (Å²) in [5, 5.41) is 10.0. The Bertz CT molecular complexity index is 121. The Morgan fingerprint density at radius 1 is 1.25 bits per heavy atom. The van der Waals surface area contributed by atoms with Crippen molar-refractivity contribution in [1.82, 2.24) is 0 Å². The Kier molecular flexibility index (Phi) is 6.09. The van der Waals surface area contributed by atoms with Crippen molar-refractivity contribution in [2.45, 2.75) is 51.6 Å². The van der Waals surface area contributed by atoms with Gasteiger partial charge in [-0.1, -0.05) is 38.8 Å². The van der Waals surface area contributed by atoms with Crippen molar-refractivity contribution in [1.29, 1.82) is 0 Å². The molecule has 0 atom stereocenters. The third-order valence-electron chi connectivity index (χ3n) is 1.96. The van der Waals surface area contributed by atoms with Crippen LogP contribution in [0.2, 0.25) is 0 Å². The number of rotatable bonds is 6. The lowest BCUT2D eigenvalue weighted by atomic mass is 9.92. The predicted molar refractivity (Wildman–Crippen MR) is 53.9 cm³/mol. The monoisotopic (exact) mass is 169 g/mol. The molecular weight excluding hydrogens is 148 g/mol. The van der Waals surface area contributed by atoms with Gasteiger partial charge in [-0.25, -0.2) is 0 Å². The molecule has 0 fully saturated rings. The highest BCUT2D eigenvalue weighted by Gasteiger charge is 2.20. The van der Waals surface area contributed by atoms with E-state index in [2.05, 4.69) is 20.8 Å². The van der Waals surface area contributed by atoms with E-state index in [-0.39, 0.29) is 0 Å². The summed E-state index contributed by atoms with van der Waals surface area (Å²) in [6.07, 6.45) is 8.39. The van der Waals surface area contributed by atoms with Crippen molar-refractivity contribution < 1.29 is 5.11 Å².